The molecule has 0 bridgehead atoms. The molecule has 140 valence electrons. The molecule has 1 aliphatic rings. The summed E-state index contributed by atoms with van der Waals surface area (Å²) in [5, 5.41) is 5.81. The molecule has 2 aromatic rings. The number of amidine groups is 1. The smallest absolute Gasteiger partial charge is 0.264 e. The number of rotatable bonds is 4. The standard InChI is InChI=1S/C19H20N4O2S2/c1-5-23(13(4)24)19-20-14(10-26-19)9-16-17(25)22-18(27-16)21-15-8-11(2)6-7-12(15)3/h6-10H,5H2,1-4H3,(H,21,22,25)/b16-9-. The Hall–Kier alpha value is -2.45. The van der Waals surface area contributed by atoms with Crippen molar-refractivity contribution in [2.24, 2.45) is 4.99 Å². The Labute approximate surface area is 166 Å². The Morgan fingerprint density at radius 2 is 2.15 bits per heavy atom. The van der Waals surface area contributed by atoms with Gasteiger partial charge in [-0.3, -0.25) is 14.5 Å². The molecule has 0 spiro atoms. The van der Waals surface area contributed by atoms with E-state index >= 15 is 0 Å². The van der Waals surface area contributed by atoms with Crippen molar-refractivity contribution in [3.05, 3.63) is 45.3 Å². The Balaban J connectivity index is 1.82. The Kier molecular flexibility index (Phi) is 5.76. The van der Waals surface area contributed by atoms with Crippen LogP contribution in [0.3, 0.4) is 0 Å². The molecule has 1 aliphatic heterocycles. The van der Waals surface area contributed by atoms with Crippen molar-refractivity contribution in [1.82, 2.24) is 10.3 Å². The average Bonchev–Trinajstić information content (AvgIpc) is 3.19. The van der Waals surface area contributed by atoms with Gasteiger partial charge in [-0.25, -0.2) is 9.98 Å². The number of hydrogen-bond acceptors (Lipinski definition) is 6. The van der Waals surface area contributed by atoms with Gasteiger partial charge >= 0.3 is 0 Å². The fourth-order valence-corrected chi connectivity index (χ4v) is 4.23. The third-order valence-corrected chi connectivity index (χ3v) is 5.75. The number of aliphatic imine (C=N–C) groups is 1. The molecule has 0 aliphatic carbocycles. The number of aromatic nitrogens is 1. The third-order valence-electron chi connectivity index (χ3n) is 3.95. The van der Waals surface area contributed by atoms with Gasteiger partial charge in [-0.2, -0.15) is 0 Å². The summed E-state index contributed by atoms with van der Waals surface area (Å²) in [5.74, 6) is -0.250. The molecule has 6 nitrogen and oxygen atoms in total. The number of thioether (sulfide) groups is 1. The van der Waals surface area contributed by atoms with E-state index in [-0.39, 0.29) is 11.8 Å². The maximum Gasteiger partial charge on any atom is 0.264 e. The fraction of sp³-hybridized carbons (Fsp3) is 0.263. The summed E-state index contributed by atoms with van der Waals surface area (Å²) in [5.41, 5.74) is 3.66. The van der Waals surface area contributed by atoms with Gasteiger partial charge in [0, 0.05) is 18.8 Å². The van der Waals surface area contributed by atoms with Gasteiger partial charge in [-0.15, -0.1) is 11.3 Å². The molecular formula is C19H20N4O2S2. The van der Waals surface area contributed by atoms with E-state index in [1.165, 1.54) is 30.0 Å². The zero-order valence-electron chi connectivity index (χ0n) is 15.6. The van der Waals surface area contributed by atoms with Gasteiger partial charge in [-0.1, -0.05) is 12.1 Å². The van der Waals surface area contributed by atoms with Crippen molar-refractivity contribution in [2.45, 2.75) is 27.7 Å². The monoisotopic (exact) mass is 400 g/mol. The Morgan fingerprint density at radius 3 is 2.85 bits per heavy atom. The first-order valence-electron chi connectivity index (χ1n) is 8.48. The number of nitrogens with zero attached hydrogens (tertiary/aromatic N) is 3. The first-order chi connectivity index (χ1) is 12.9. The normalized spacial score (nSPS) is 16.8. The number of hydrogen-bond donors (Lipinski definition) is 1. The summed E-state index contributed by atoms with van der Waals surface area (Å²) in [7, 11) is 0. The van der Waals surface area contributed by atoms with Crippen LogP contribution in [0, 0.1) is 13.8 Å². The summed E-state index contributed by atoms with van der Waals surface area (Å²) in [6.45, 7) is 7.97. The van der Waals surface area contributed by atoms with Gasteiger partial charge in [-0.05, 0) is 55.8 Å². The topological polar surface area (TPSA) is 74.7 Å². The van der Waals surface area contributed by atoms with Crippen molar-refractivity contribution in [3.8, 4) is 0 Å². The van der Waals surface area contributed by atoms with Crippen LogP contribution in [-0.2, 0) is 9.59 Å². The SMILES string of the molecule is CCN(C(C)=O)c1nc(/C=C2\SC(=Nc3cc(C)ccc3C)NC2=O)cs1. The molecule has 1 fully saturated rings. The minimum atomic E-state index is -0.197. The van der Waals surface area contributed by atoms with E-state index in [0.717, 1.165) is 16.8 Å². The molecule has 1 N–H and O–H groups in total. The lowest BCUT2D eigenvalue weighted by Gasteiger charge is -2.14. The second-order valence-corrected chi connectivity index (χ2v) is 7.96. The van der Waals surface area contributed by atoms with E-state index in [1.807, 2.05) is 44.4 Å². The lowest BCUT2D eigenvalue weighted by molar-refractivity contribution is -0.116. The maximum atomic E-state index is 12.3. The highest BCUT2D eigenvalue weighted by Gasteiger charge is 2.24. The first kappa shape index (κ1) is 19.3. The third kappa shape index (κ3) is 4.45. The zero-order chi connectivity index (χ0) is 19.6. The molecule has 1 saturated heterocycles. The van der Waals surface area contributed by atoms with Crippen LogP contribution in [-0.4, -0.2) is 28.5 Å². The predicted octanol–water partition coefficient (Wildman–Crippen LogP) is 4.02. The molecule has 2 heterocycles. The van der Waals surface area contributed by atoms with Crippen LogP contribution in [0.2, 0.25) is 0 Å². The van der Waals surface area contributed by atoms with Crippen molar-refractivity contribution in [1.29, 1.82) is 0 Å². The van der Waals surface area contributed by atoms with Crippen molar-refractivity contribution < 1.29 is 9.59 Å². The summed E-state index contributed by atoms with van der Waals surface area (Å²) in [4.78, 5) is 35.1. The summed E-state index contributed by atoms with van der Waals surface area (Å²) in [6, 6.07) is 6.04. The number of carbonyl (C=O) groups excluding carboxylic acids is 2. The van der Waals surface area contributed by atoms with Crippen LogP contribution < -0.4 is 10.2 Å². The van der Waals surface area contributed by atoms with E-state index in [9.17, 15) is 9.59 Å². The Morgan fingerprint density at radius 1 is 1.37 bits per heavy atom. The first-order valence-corrected chi connectivity index (χ1v) is 10.2. The van der Waals surface area contributed by atoms with Crippen molar-refractivity contribution in [2.75, 3.05) is 11.4 Å². The van der Waals surface area contributed by atoms with E-state index in [2.05, 4.69) is 15.3 Å². The number of nitrogens with one attached hydrogen (secondary N) is 1. The highest BCUT2D eigenvalue weighted by molar-refractivity contribution is 8.18. The molecule has 8 heteroatoms. The van der Waals surface area contributed by atoms with Gasteiger partial charge in [0.15, 0.2) is 10.3 Å². The van der Waals surface area contributed by atoms with Crippen LogP contribution in [0.15, 0.2) is 33.5 Å². The van der Waals surface area contributed by atoms with E-state index < -0.39 is 0 Å². The second kappa shape index (κ2) is 8.06. The zero-order valence-corrected chi connectivity index (χ0v) is 17.2. The highest BCUT2D eigenvalue weighted by Crippen LogP contribution is 2.30. The number of aryl methyl sites for hydroxylation is 2. The van der Waals surface area contributed by atoms with Gasteiger partial charge in [0.05, 0.1) is 16.3 Å². The number of carbonyl (C=O) groups is 2. The number of amides is 2. The van der Waals surface area contributed by atoms with Crippen LogP contribution in [0.4, 0.5) is 10.8 Å². The molecule has 1 aromatic carbocycles. The Bertz CT molecular complexity index is 962. The molecule has 0 radical (unpaired) electrons. The molecule has 1 aromatic heterocycles. The molecule has 0 saturated carbocycles. The number of thiazole rings is 1. The summed E-state index contributed by atoms with van der Waals surface area (Å²) >= 11 is 2.67. The van der Waals surface area contributed by atoms with E-state index in [4.69, 9.17) is 0 Å². The van der Waals surface area contributed by atoms with Crippen LogP contribution >= 0.6 is 23.1 Å². The summed E-state index contributed by atoms with van der Waals surface area (Å²) in [6.07, 6.45) is 1.72. The lowest BCUT2D eigenvalue weighted by Crippen LogP contribution is -2.27. The van der Waals surface area contributed by atoms with E-state index in [1.54, 1.807) is 11.0 Å². The number of anilines is 1. The largest absolute Gasteiger partial charge is 0.300 e. The van der Waals surface area contributed by atoms with E-state index in [0.29, 0.717) is 27.4 Å². The van der Waals surface area contributed by atoms with Gasteiger partial charge in [0.25, 0.3) is 5.91 Å². The predicted molar refractivity (Wildman–Crippen MR) is 113 cm³/mol. The average molecular weight is 401 g/mol. The minimum Gasteiger partial charge on any atom is -0.300 e. The molecule has 3 rings (SSSR count). The molecule has 0 atom stereocenters. The minimum absolute atomic E-state index is 0.0537. The van der Waals surface area contributed by atoms with Crippen molar-refractivity contribution in [3.63, 3.8) is 0 Å². The van der Waals surface area contributed by atoms with Crippen LogP contribution in [0.1, 0.15) is 30.7 Å². The molecular weight excluding hydrogens is 380 g/mol. The van der Waals surface area contributed by atoms with Crippen molar-refractivity contribution >= 4 is 57.0 Å². The second-order valence-electron chi connectivity index (χ2n) is 6.09. The van der Waals surface area contributed by atoms with Crippen LogP contribution in [0.25, 0.3) is 6.08 Å². The molecule has 0 unspecified atom stereocenters. The number of benzene rings is 1. The summed E-state index contributed by atoms with van der Waals surface area (Å²) < 4.78 is 0. The maximum absolute atomic E-state index is 12.3. The quantitative estimate of drug-likeness (QED) is 0.787. The molecule has 2 amide bonds. The van der Waals surface area contributed by atoms with Crippen LogP contribution in [0.5, 0.6) is 0 Å². The molecule has 27 heavy (non-hydrogen) atoms. The van der Waals surface area contributed by atoms with Gasteiger partial charge in [0.2, 0.25) is 5.91 Å². The highest BCUT2D eigenvalue weighted by atomic mass is 32.2. The van der Waals surface area contributed by atoms with Gasteiger partial charge in [0.1, 0.15) is 0 Å². The van der Waals surface area contributed by atoms with Gasteiger partial charge < -0.3 is 5.32 Å². The fourth-order valence-electron chi connectivity index (χ4n) is 2.52. The lowest BCUT2D eigenvalue weighted by atomic mass is 10.1.